The smallest absolute Gasteiger partial charge is 0.330 e. The van der Waals surface area contributed by atoms with E-state index in [0.29, 0.717) is 24.5 Å². The number of nitrogens with two attached hydrogens (primary N) is 1. The molecule has 0 bridgehead atoms. The summed E-state index contributed by atoms with van der Waals surface area (Å²) < 4.78 is 40.4. The van der Waals surface area contributed by atoms with Crippen molar-refractivity contribution in [3.63, 3.8) is 0 Å². The van der Waals surface area contributed by atoms with Crippen LogP contribution in [0.25, 0.3) is 11.4 Å². The Morgan fingerprint density at radius 2 is 2.10 bits per heavy atom. The van der Waals surface area contributed by atoms with Crippen LogP contribution in [0.2, 0.25) is 0 Å². The van der Waals surface area contributed by atoms with Crippen molar-refractivity contribution < 1.29 is 13.2 Å². The summed E-state index contributed by atoms with van der Waals surface area (Å²) in [6, 6.07) is 2.57. The molecule has 0 aliphatic heterocycles. The average Bonchev–Trinajstić information content (AvgIpc) is 2.92. The van der Waals surface area contributed by atoms with Crippen molar-refractivity contribution >= 4 is 11.8 Å². The summed E-state index contributed by atoms with van der Waals surface area (Å²) in [5.74, 6) is 0.452. The lowest BCUT2D eigenvalue weighted by molar-refractivity contribution is -0.141. The van der Waals surface area contributed by atoms with Gasteiger partial charge in [-0.25, -0.2) is 9.97 Å². The molecule has 2 rings (SSSR count). The SMILES string of the molecule is CCn1nccc1-c1cc(C(F)(F)F)nc(SCCN)n1. The van der Waals surface area contributed by atoms with Crippen molar-refractivity contribution in [2.24, 2.45) is 5.73 Å². The molecular weight excluding hydrogens is 303 g/mol. The van der Waals surface area contributed by atoms with Crippen molar-refractivity contribution in [1.82, 2.24) is 19.7 Å². The van der Waals surface area contributed by atoms with Crippen molar-refractivity contribution in [1.29, 1.82) is 0 Å². The molecule has 114 valence electrons. The number of hydrogen-bond acceptors (Lipinski definition) is 5. The second-order valence-electron chi connectivity index (χ2n) is 4.09. The predicted octanol–water partition coefficient (Wildman–Crippen LogP) is 2.43. The number of aryl methyl sites for hydroxylation is 1. The lowest BCUT2D eigenvalue weighted by atomic mass is 10.2. The van der Waals surface area contributed by atoms with Crippen molar-refractivity contribution in [2.45, 2.75) is 24.8 Å². The Labute approximate surface area is 123 Å². The fourth-order valence-electron chi connectivity index (χ4n) is 1.72. The van der Waals surface area contributed by atoms with Gasteiger partial charge in [0.2, 0.25) is 0 Å². The first-order valence-electron chi connectivity index (χ1n) is 6.27. The van der Waals surface area contributed by atoms with E-state index in [1.54, 1.807) is 10.7 Å². The highest BCUT2D eigenvalue weighted by atomic mass is 32.2. The van der Waals surface area contributed by atoms with Crippen LogP contribution in [-0.4, -0.2) is 32.0 Å². The molecule has 21 heavy (non-hydrogen) atoms. The summed E-state index contributed by atoms with van der Waals surface area (Å²) in [7, 11) is 0. The van der Waals surface area contributed by atoms with Crippen molar-refractivity contribution in [3.05, 3.63) is 24.0 Å². The van der Waals surface area contributed by atoms with E-state index in [1.165, 1.54) is 6.20 Å². The molecule has 0 atom stereocenters. The number of alkyl halides is 3. The van der Waals surface area contributed by atoms with E-state index in [9.17, 15) is 13.2 Å². The summed E-state index contributed by atoms with van der Waals surface area (Å²) in [6.07, 6.45) is -2.99. The van der Waals surface area contributed by atoms with E-state index >= 15 is 0 Å². The van der Waals surface area contributed by atoms with Gasteiger partial charge in [-0.2, -0.15) is 18.3 Å². The van der Waals surface area contributed by atoms with Crippen LogP contribution >= 0.6 is 11.8 Å². The first kappa shape index (κ1) is 15.8. The molecule has 2 heterocycles. The highest BCUT2D eigenvalue weighted by Gasteiger charge is 2.34. The van der Waals surface area contributed by atoms with Gasteiger partial charge in [0.25, 0.3) is 0 Å². The van der Waals surface area contributed by atoms with Gasteiger partial charge >= 0.3 is 6.18 Å². The molecule has 0 saturated carbocycles. The zero-order valence-electron chi connectivity index (χ0n) is 11.3. The standard InChI is InChI=1S/C12H14F3N5S/c1-2-20-9(3-5-17-20)8-7-10(12(13,14)15)19-11(18-8)21-6-4-16/h3,5,7H,2,4,6,16H2,1H3. The summed E-state index contributed by atoms with van der Waals surface area (Å²) in [5, 5.41) is 4.11. The second kappa shape index (κ2) is 6.44. The molecule has 0 aliphatic carbocycles. The fourth-order valence-corrected chi connectivity index (χ4v) is 2.34. The minimum atomic E-state index is -4.52. The third-order valence-corrected chi connectivity index (χ3v) is 3.50. The van der Waals surface area contributed by atoms with Gasteiger partial charge in [0.05, 0.1) is 11.4 Å². The molecule has 9 heteroatoms. The molecule has 2 aromatic heterocycles. The summed E-state index contributed by atoms with van der Waals surface area (Å²) in [4.78, 5) is 7.72. The Hall–Kier alpha value is -1.61. The maximum absolute atomic E-state index is 12.9. The molecule has 0 spiro atoms. The minimum absolute atomic E-state index is 0.0640. The summed E-state index contributed by atoms with van der Waals surface area (Å²) >= 11 is 1.10. The molecule has 5 nitrogen and oxygen atoms in total. The highest BCUT2D eigenvalue weighted by molar-refractivity contribution is 7.99. The van der Waals surface area contributed by atoms with E-state index in [0.717, 1.165) is 17.8 Å². The number of thioether (sulfide) groups is 1. The fraction of sp³-hybridized carbons (Fsp3) is 0.417. The predicted molar refractivity (Wildman–Crippen MR) is 73.7 cm³/mol. The minimum Gasteiger partial charge on any atom is -0.330 e. The largest absolute Gasteiger partial charge is 0.433 e. The Morgan fingerprint density at radius 1 is 1.33 bits per heavy atom. The van der Waals surface area contributed by atoms with E-state index in [-0.39, 0.29) is 10.9 Å². The maximum atomic E-state index is 12.9. The lowest BCUT2D eigenvalue weighted by Crippen LogP contribution is -2.11. The van der Waals surface area contributed by atoms with Gasteiger partial charge in [-0.05, 0) is 19.1 Å². The molecule has 0 radical (unpaired) electrons. The Kier molecular flexibility index (Phi) is 4.84. The molecule has 0 fully saturated rings. The van der Waals surface area contributed by atoms with E-state index in [4.69, 9.17) is 5.73 Å². The highest BCUT2D eigenvalue weighted by Crippen LogP contribution is 2.31. The monoisotopic (exact) mass is 317 g/mol. The van der Waals surface area contributed by atoms with Crippen LogP contribution in [0.15, 0.2) is 23.5 Å². The van der Waals surface area contributed by atoms with Gasteiger partial charge in [-0.3, -0.25) is 4.68 Å². The molecule has 0 saturated heterocycles. The van der Waals surface area contributed by atoms with Gasteiger partial charge in [0, 0.05) is 25.0 Å². The van der Waals surface area contributed by atoms with Crippen LogP contribution < -0.4 is 5.73 Å². The molecule has 2 aromatic rings. The van der Waals surface area contributed by atoms with Gasteiger partial charge in [0.1, 0.15) is 5.69 Å². The molecular formula is C12H14F3N5S. The lowest BCUT2D eigenvalue weighted by Gasteiger charge is -2.11. The summed E-state index contributed by atoms with van der Waals surface area (Å²) in [5.41, 5.74) is 5.14. The van der Waals surface area contributed by atoms with Crippen LogP contribution in [0.3, 0.4) is 0 Å². The third-order valence-electron chi connectivity index (χ3n) is 2.62. The zero-order valence-corrected chi connectivity index (χ0v) is 12.1. The van der Waals surface area contributed by atoms with Crippen LogP contribution in [0.1, 0.15) is 12.6 Å². The first-order valence-corrected chi connectivity index (χ1v) is 7.25. The molecule has 0 aromatic carbocycles. The van der Waals surface area contributed by atoms with Crippen LogP contribution in [0.4, 0.5) is 13.2 Å². The summed E-state index contributed by atoms with van der Waals surface area (Å²) in [6.45, 7) is 2.73. The van der Waals surface area contributed by atoms with Crippen molar-refractivity contribution in [3.8, 4) is 11.4 Å². The van der Waals surface area contributed by atoms with E-state index in [1.807, 2.05) is 6.92 Å². The number of halogens is 3. The number of hydrogen-bond donors (Lipinski definition) is 1. The van der Waals surface area contributed by atoms with E-state index in [2.05, 4.69) is 15.1 Å². The van der Waals surface area contributed by atoms with Crippen LogP contribution in [0.5, 0.6) is 0 Å². The van der Waals surface area contributed by atoms with E-state index < -0.39 is 11.9 Å². The number of nitrogens with zero attached hydrogens (tertiary/aromatic N) is 4. The Morgan fingerprint density at radius 3 is 2.71 bits per heavy atom. The van der Waals surface area contributed by atoms with Gasteiger partial charge in [-0.1, -0.05) is 11.8 Å². The number of rotatable bonds is 5. The average molecular weight is 317 g/mol. The maximum Gasteiger partial charge on any atom is 0.433 e. The Bertz CT molecular complexity index is 611. The molecule has 0 amide bonds. The van der Waals surface area contributed by atoms with Gasteiger partial charge in [-0.15, -0.1) is 0 Å². The molecule has 0 aliphatic rings. The molecule has 0 unspecified atom stereocenters. The zero-order chi connectivity index (χ0) is 15.5. The molecule has 2 N–H and O–H groups in total. The van der Waals surface area contributed by atoms with Crippen LogP contribution in [0, 0.1) is 0 Å². The Balaban J connectivity index is 2.49. The van der Waals surface area contributed by atoms with Gasteiger partial charge < -0.3 is 5.73 Å². The first-order chi connectivity index (χ1) is 9.95. The van der Waals surface area contributed by atoms with Crippen molar-refractivity contribution in [2.75, 3.05) is 12.3 Å². The number of aromatic nitrogens is 4. The normalized spacial score (nSPS) is 11.9. The van der Waals surface area contributed by atoms with Crippen LogP contribution in [-0.2, 0) is 12.7 Å². The second-order valence-corrected chi connectivity index (χ2v) is 5.15. The quantitative estimate of drug-likeness (QED) is 0.677. The third kappa shape index (κ3) is 3.73. The van der Waals surface area contributed by atoms with Gasteiger partial charge in [0.15, 0.2) is 5.16 Å². The topological polar surface area (TPSA) is 69.6 Å².